The molecule has 0 saturated carbocycles. The SMILES string of the molecule is O=C1C(=Cc2ccc(C=C3C(=O)c4ccccc4C3=O)cc2)C(=O)c2ccccc21. The molecule has 4 heteroatoms. The summed E-state index contributed by atoms with van der Waals surface area (Å²) in [6.45, 7) is 0. The maximum Gasteiger partial charge on any atom is 0.197 e. The molecule has 0 radical (unpaired) electrons. The zero-order chi connectivity index (χ0) is 20.8. The summed E-state index contributed by atoms with van der Waals surface area (Å²) in [7, 11) is 0. The van der Waals surface area contributed by atoms with E-state index in [4.69, 9.17) is 0 Å². The smallest absolute Gasteiger partial charge is 0.197 e. The van der Waals surface area contributed by atoms with E-state index in [1.807, 2.05) is 0 Å². The second-order valence-electron chi connectivity index (χ2n) is 7.19. The van der Waals surface area contributed by atoms with Crippen molar-refractivity contribution in [1.82, 2.24) is 0 Å². The molecule has 0 fully saturated rings. The lowest BCUT2D eigenvalue weighted by Gasteiger charge is -2.00. The number of ketones is 4. The highest BCUT2D eigenvalue weighted by molar-refractivity contribution is 6.42. The van der Waals surface area contributed by atoms with Gasteiger partial charge in [-0.1, -0.05) is 72.8 Å². The summed E-state index contributed by atoms with van der Waals surface area (Å²) >= 11 is 0. The van der Waals surface area contributed by atoms with Gasteiger partial charge in [0.15, 0.2) is 23.1 Å². The molecule has 2 aliphatic rings. The van der Waals surface area contributed by atoms with Gasteiger partial charge in [-0.15, -0.1) is 0 Å². The van der Waals surface area contributed by atoms with Gasteiger partial charge in [0, 0.05) is 22.3 Å². The Kier molecular flexibility index (Phi) is 4.00. The summed E-state index contributed by atoms with van der Waals surface area (Å²) in [4.78, 5) is 50.1. The number of carbonyl (C=O) groups excluding carboxylic acids is 4. The number of carbonyl (C=O) groups is 4. The van der Waals surface area contributed by atoms with Gasteiger partial charge in [-0.3, -0.25) is 19.2 Å². The van der Waals surface area contributed by atoms with E-state index >= 15 is 0 Å². The van der Waals surface area contributed by atoms with Crippen LogP contribution in [0.1, 0.15) is 52.6 Å². The predicted molar refractivity (Wildman–Crippen MR) is 113 cm³/mol. The summed E-state index contributed by atoms with van der Waals surface area (Å²) < 4.78 is 0. The van der Waals surface area contributed by atoms with Crippen molar-refractivity contribution in [2.24, 2.45) is 0 Å². The van der Waals surface area contributed by atoms with E-state index in [1.165, 1.54) is 0 Å². The Morgan fingerprint density at radius 1 is 0.400 bits per heavy atom. The number of fused-ring (bicyclic) bond motifs is 2. The van der Waals surface area contributed by atoms with Crippen molar-refractivity contribution in [1.29, 1.82) is 0 Å². The molecule has 0 aromatic heterocycles. The van der Waals surface area contributed by atoms with Crippen LogP contribution in [0.4, 0.5) is 0 Å². The maximum atomic E-state index is 12.5. The summed E-state index contributed by atoms with van der Waals surface area (Å²) in [5.74, 6) is -1.10. The van der Waals surface area contributed by atoms with Crippen LogP contribution in [0.5, 0.6) is 0 Å². The molecule has 0 bridgehead atoms. The van der Waals surface area contributed by atoms with Gasteiger partial charge in [0.25, 0.3) is 0 Å². The monoisotopic (exact) mass is 390 g/mol. The van der Waals surface area contributed by atoms with Crippen LogP contribution in [0.3, 0.4) is 0 Å². The van der Waals surface area contributed by atoms with Crippen LogP contribution >= 0.6 is 0 Å². The average Bonchev–Trinajstić information content (AvgIpc) is 3.16. The number of benzene rings is 3. The van der Waals surface area contributed by atoms with Gasteiger partial charge in [0.1, 0.15) is 0 Å². The molecule has 0 amide bonds. The first-order chi connectivity index (χ1) is 14.5. The minimum absolute atomic E-state index is 0.138. The lowest BCUT2D eigenvalue weighted by Crippen LogP contribution is -2.00. The summed E-state index contributed by atoms with van der Waals surface area (Å²) in [6.07, 6.45) is 3.15. The number of allylic oxidation sites excluding steroid dienone is 2. The molecule has 0 atom stereocenters. The molecule has 5 rings (SSSR count). The fourth-order valence-corrected chi connectivity index (χ4v) is 3.83. The first-order valence-corrected chi connectivity index (χ1v) is 9.45. The van der Waals surface area contributed by atoms with Crippen LogP contribution in [0.15, 0.2) is 83.9 Å². The zero-order valence-electron chi connectivity index (χ0n) is 15.7. The Morgan fingerprint density at radius 3 is 0.933 bits per heavy atom. The third kappa shape index (κ3) is 2.70. The van der Waals surface area contributed by atoms with E-state index in [-0.39, 0.29) is 34.3 Å². The van der Waals surface area contributed by atoms with Gasteiger partial charge < -0.3 is 0 Å². The van der Waals surface area contributed by atoms with E-state index in [0.29, 0.717) is 33.4 Å². The van der Waals surface area contributed by atoms with E-state index < -0.39 is 0 Å². The molecule has 30 heavy (non-hydrogen) atoms. The van der Waals surface area contributed by atoms with E-state index in [1.54, 1.807) is 84.9 Å². The van der Waals surface area contributed by atoms with Crippen molar-refractivity contribution in [3.05, 3.63) is 117 Å². The van der Waals surface area contributed by atoms with E-state index in [0.717, 1.165) is 0 Å². The number of rotatable bonds is 2. The Balaban J connectivity index is 1.44. The summed E-state index contributed by atoms with van der Waals surface area (Å²) in [5, 5.41) is 0. The molecule has 142 valence electrons. The minimum Gasteiger partial charge on any atom is -0.288 e. The van der Waals surface area contributed by atoms with Crippen molar-refractivity contribution in [3.63, 3.8) is 0 Å². The highest BCUT2D eigenvalue weighted by Crippen LogP contribution is 2.29. The third-order valence-corrected chi connectivity index (χ3v) is 5.37. The summed E-state index contributed by atoms with van der Waals surface area (Å²) in [6, 6.07) is 20.5. The highest BCUT2D eigenvalue weighted by Gasteiger charge is 2.33. The molecule has 0 spiro atoms. The van der Waals surface area contributed by atoms with E-state index in [9.17, 15) is 19.2 Å². The Bertz CT molecular complexity index is 1160. The maximum absolute atomic E-state index is 12.5. The molecule has 3 aromatic rings. The molecule has 4 nitrogen and oxygen atoms in total. The fourth-order valence-electron chi connectivity index (χ4n) is 3.83. The van der Waals surface area contributed by atoms with Gasteiger partial charge in [0.2, 0.25) is 0 Å². The molecule has 0 N–H and O–H groups in total. The molecule has 0 aliphatic heterocycles. The second-order valence-corrected chi connectivity index (χ2v) is 7.19. The van der Waals surface area contributed by atoms with Crippen molar-refractivity contribution < 1.29 is 19.2 Å². The Labute approximate surface area is 172 Å². The molecule has 0 saturated heterocycles. The first kappa shape index (κ1) is 17.9. The second kappa shape index (κ2) is 6.71. The van der Waals surface area contributed by atoms with Gasteiger partial charge in [-0.25, -0.2) is 0 Å². The molecular weight excluding hydrogens is 376 g/mol. The predicted octanol–water partition coefficient (Wildman–Crippen LogP) is 4.61. The van der Waals surface area contributed by atoms with Crippen LogP contribution < -0.4 is 0 Å². The first-order valence-electron chi connectivity index (χ1n) is 9.45. The molecule has 3 aromatic carbocycles. The normalized spacial score (nSPS) is 14.8. The summed E-state index contributed by atoms with van der Waals surface area (Å²) in [5.41, 5.74) is 3.35. The largest absolute Gasteiger partial charge is 0.288 e. The van der Waals surface area contributed by atoms with Crippen molar-refractivity contribution in [3.8, 4) is 0 Å². The van der Waals surface area contributed by atoms with Gasteiger partial charge in [-0.2, -0.15) is 0 Å². The minimum atomic E-state index is -0.276. The third-order valence-electron chi connectivity index (χ3n) is 5.37. The van der Waals surface area contributed by atoms with Crippen LogP contribution in [0, 0.1) is 0 Å². The van der Waals surface area contributed by atoms with Gasteiger partial charge >= 0.3 is 0 Å². The Morgan fingerprint density at radius 2 is 0.667 bits per heavy atom. The molecule has 0 unspecified atom stereocenters. The van der Waals surface area contributed by atoms with Crippen LogP contribution in [0.2, 0.25) is 0 Å². The van der Waals surface area contributed by atoms with Crippen molar-refractivity contribution >= 4 is 35.3 Å². The molecular formula is C26H14O4. The molecule has 0 heterocycles. The van der Waals surface area contributed by atoms with Crippen LogP contribution in [-0.2, 0) is 0 Å². The number of hydrogen-bond donors (Lipinski definition) is 0. The fraction of sp³-hybridized carbons (Fsp3) is 0. The Hall–Kier alpha value is -4.18. The number of hydrogen-bond acceptors (Lipinski definition) is 4. The number of Topliss-reactive ketones (excluding diaryl/α,β-unsaturated/α-hetero) is 4. The van der Waals surface area contributed by atoms with Gasteiger partial charge in [0.05, 0.1) is 11.1 Å². The zero-order valence-corrected chi connectivity index (χ0v) is 15.7. The topological polar surface area (TPSA) is 68.3 Å². The molecule has 2 aliphatic carbocycles. The quantitative estimate of drug-likeness (QED) is 0.473. The van der Waals surface area contributed by atoms with Gasteiger partial charge in [-0.05, 0) is 23.3 Å². The van der Waals surface area contributed by atoms with Crippen molar-refractivity contribution in [2.45, 2.75) is 0 Å². The lowest BCUT2D eigenvalue weighted by molar-refractivity contribution is 0.0975. The average molecular weight is 390 g/mol. The van der Waals surface area contributed by atoms with Crippen LogP contribution in [-0.4, -0.2) is 23.1 Å². The van der Waals surface area contributed by atoms with E-state index in [2.05, 4.69) is 0 Å². The van der Waals surface area contributed by atoms with Crippen molar-refractivity contribution in [2.75, 3.05) is 0 Å². The van der Waals surface area contributed by atoms with Crippen LogP contribution in [0.25, 0.3) is 12.2 Å². The standard InChI is InChI=1S/C26H14O4/c27-23-17-5-1-2-6-18(17)24(28)21(23)13-15-9-11-16(12-10-15)14-22-25(29)19-7-3-4-8-20(19)26(22)30/h1-14H. The highest BCUT2D eigenvalue weighted by atomic mass is 16.2. The lowest BCUT2D eigenvalue weighted by atomic mass is 10.0.